The van der Waals surface area contributed by atoms with Gasteiger partial charge in [0.2, 0.25) is 5.16 Å². The maximum Gasteiger partial charge on any atom is 0.201 e. The molecule has 4 aromatic heterocycles. The molecule has 8 heteroatoms. The van der Waals surface area contributed by atoms with Gasteiger partial charge in [0.15, 0.2) is 11.5 Å². The van der Waals surface area contributed by atoms with Gasteiger partial charge in [0.25, 0.3) is 0 Å². The molecule has 6 nitrogen and oxygen atoms in total. The third-order valence-corrected chi connectivity index (χ3v) is 6.97. The average molecular weight is 400 g/mol. The van der Waals surface area contributed by atoms with Gasteiger partial charge in [-0.3, -0.25) is 4.40 Å². The first kappa shape index (κ1) is 18.3. The zero-order valence-corrected chi connectivity index (χ0v) is 17.6. The summed E-state index contributed by atoms with van der Waals surface area (Å²) in [5.41, 5.74) is 2.10. The van der Waals surface area contributed by atoms with E-state index in [1.165, 1.54) is 15.3 Å². The number of fused-ring (bicyclic) bond motifs is 2. The minimum atomic E-state index is 0.829. The van der Waals surface area contributed by atoms with Crippen LogP contribution in [0.3, 0.4) is 0 Å². The first-order valence-electron chi connectivity index (χ1n) is 9.18. The molecule has 0 aliphatic rings. The molecule has 1 N–H and O–H groups in total. The summed E-state index contributed by atoms with van der Waals surface area (Å²) in [5.74, 6) is 0.902. The zero-order chi connectivity index (χ0) is 19.0. The quantitative estimate of drug-likeness (QED) is 0.505. The molecule has 0 saturated carbocycles. The topological polar surface area (TPSA) is 60.4 Å². The standard InChI is InChI=1S/C19H22N6S2/c1-5-24(6-2)11-14-20-17-16(12(3)13(4)26-17)18(21-14)27-19-23-22-15-9-7-8-10-25(15)19/h7-10H,5-6,11H2,1-4H3/p+1. The fourth-order valence-corrected chi connectivity index (χ4v) is 5.23. The molecule has 0 unspecified atom stereocenters. The van der Waals surface area contributed by atoms with Crippen LogP contribution >= 0.6 is 23.1 Å². The summed E-state index contributed by atoms with van der Waals surface area (Å²) in [6.45, 7) is 11.7. The predicted octanol–water partition coefficient (Wildman–Crippen LogP) is 2.93. The van der Waals surface area contributed by atoms with E-state index in [0.29, 0.717) is 0 Å². The smallest absolute Gasteiger partial charge is 0.201 e. The lowest BCUT2D eigenvalue weighted by atomic mass is 10.2. The van der Waals surface area contributed by atoms with E-state index in [0.717, 1.165) is 51.5 Å². The fraction of sp³-hybridized carbons (Fsp3) is 0.368. The molecule has 4 rings (SSSR count). The highest BCUT2D eigenvalue weighted by molar-refractivity contribution is 7.99. The Morgan fingerprint density at radius 3 is 2.70 bits per heavy atom. The molecule has 0 bridgehead atoms. The van der Waals surface area contributed by atoms with Crippen molar-refractivity contribution in [2.24, 2.45) is 0 Å². The Morgan fingerprint density at radius 1 is 1.11 bits per heavy atom. The number of rotatable bonds is 6. The number of hydrogen-bond acceptors (Lipinski definition) is 6. The molecular formula is C19H23N6S2+. The molecule has 0 aromatic carbocycles. The summed E-state index contributed by atoms with van der Waals surface area (Å²) in [7, 11) is 0. The van der Waals surface area contributed by atoms with Crippen molar-refractivity contribution in [3.8, 4) is 0 Å². The third kappa shape index (κ3) is 3.44. The van der Waals surface area contributed by atoms with Gasteiger partial charge >= 0.3 is 0 Å². The molecule has 140 valence electrons. The lowest BCUT2D eigenvalue weighted by molar-refractivity contribution is -0.910. The summed E-state index contributed by atoms with van der Waals surface area (Å²) in [4.78, 5) is 13.7. The minimum absolute atomic E-state index is 0.829. The molecule has 0 aliphatic heterocycles. The molecule has 0 spiro atoms. The highest BCUT2D eigenvalue weighted by atomic mass is 32.2. The summed E-state index contributed by atoms with van der Waals surface area (Å²) in [5, 5.41) is 11.6. The highest BCUT2D eigenvalue weighted by Gasteiger charge is 2.19. The molecule has 0 amide bonds. The first-order valence-corrected chi connectivity index (χ1v) is 10.8. The van der Waals surface area contributed by atoms with E-state index in [-0.39, 0.29) is 0 Å². The Hall–Kier alpha value is -2.03. The predicted molar refractivity (Wildman–Crippen MR) is 110 cm³/mol. The Labute approximate surface area is 166 Å². The normalized spacial score (nSPS) is 11.9. The number of quaternary nitrogens is 1. The molecular weight excluding hydrogens is 376 g/mol. The van der Waals surface area contributed by atoms with Crippen molar-refractivity contribution in [1.82, 2.24) is 24.6 Å². The van der Waals surface area contributed by atoms with Crippen molar-refractivity contribution in [2.75, 3.05) is 13.1 Å². The molecule has 4 heterocycles. The van der Waals surface area contributed by atoms with E-state index in [9.17, 15) is 0 Å². The van der Waals surface area contributed by atoms with Crippen molar-refractivity contribution >= 4 is 39.0 Å². The lowest BCUT2D eigenvalue weighted by Gasteiger charge is -2.14. The van der Waals surface area contributed by atoms with Gasteiger partial charge in [-0.1, -0.05) is 6.07 Å². The van der Waals surface area contributed by atoms with Gasteiger partial charge in [-0.2, -0.15) is 0 Å². The molecule has 0 radical (unpaired) electrons. The number of aromatic nitrogens is 5. The minimum Gasteiger partial charge on any atom is -0.329 e. The van der Waals surface area contributed by atoms with E-state index in [1.807, 2.05) is 28.8 Å². The highest BCUT2D eigenvalue weighted by Crippen LogP contribution is 2.37. The van der Waals surface area contributed by atoms with E-state index >= 15 is 0 Å². The van der Waals surface area contributed by atoms with Crippen LogP contribution in [0.2, 0.25) is 0 Å². The SMILES string of the molecule is CC[NH+](CC)Cc1nc(Sc2nnc3ccccn23)c2c(C)c(C)sc2n1. The van der Waals surface area contributed by atoms with Gasteiger partial charge in [0.1, 0.15) is 16.4 Å². The molecule has 4 aromatic rings. The van der Waals surface area contributed by atoms with Crippen molar-refractivity contribution in [3.05, 3.63) is 40.7 Å². The van der Waals surface area contributed by atoms with E-state index in [1.54, 1.807) is 23.1 Å². The molecule has 0 fully saturated rings. The van der Waals surface area contributed by atoms with E-state index < -0.39 is 0 Å². The monoisotopic (exact) mass is 399 g/mol. The van der Waals surface area contributed by atoms with Gasteiger partial charge in [-0.05, 0) is 57.2 Å². The Bertz CT molecular complexity index is 1100. The second-order valence-electron chi connectivity index (χ2n) is 6.56. The zero-order valence-electron chi connectivity index (χ0n) is 16.0. The van der Waals surface area contributed by atoms with Gasteiger partial charge in [-0.25, -0.2) is 9.97 Å². The Morgan fingerprint density at radius 2 is 1.93 bits per heavy atom. The summed E-state index contributed by atoms with van der Waals surface area (Å²) in [6, 6.07) is 5.92. The number of nitrogens with zero attached hydrogens (tertiary/aromatic N) is 5. The van der Waals surface area contributed by atoms with Crippen LogP contribution in [-0.4, -0.2) is 37.7 Å². The van der Waals surface area contributed by atoms with Crippen LogP contribution in [0.15, 0.2) is 34.6 Å². The summed E-state index contributed by atoms with van der Waals surface area (Å²) >= 11 is 3.32. The molecule has 0 aliphatic carbocycles. The van der Waals surface area contributed by atoms with Gasteiger partial charge in [-0.15, -0.1) is 21.5 Å². The maximum absolute atomic E-state index is 4.95. The van der Waals surface area contributed by atoms with Crippen LogP contribution in [0.4, 0.5) is 0 Å². The maximum atomic E-state index is 4.95. The lowest BCUT2D eigenvalue weighted by Crippen LogP contribution is -3.10. The van der Waals surface area contributed by atoms with Gasteiger partial charge < -0.3 is 4.90 Å². The molecule has 27 heavy (non-hydrogen) atoms. The van der Waals surface area contributed by atoms with Crippen LogP contribution in [0.1, 0.15) is 30.1 Å². The van der Waals surface area contributed by atoms with Crippen molar-refractivity contribution in [3.63, 3.8) is 0 Å². The van der Waals surface area contributed by atoms with Crippen LogP contribution in [-0.2, 0) is 6.54 Å². The van der Waals surface area contributed by atoms with E-state index in [2.05, 4.69) is 37.9 Å². The Kier molecular flexibility index (Phi) is 5.12. The number of nitrogens with one attached hydrogen (secondary N) is 1. The number of hydrogen-bond donors (Lipinski definition) is 1. The van der Waals surface area contributed by atoms with Crippen molar-refractivity contribution < 1.29 is 4.90 Å². The first-order chi connectivity index (χ1) is 13.1. The van der Waals surface area contributed by atoms with Crippen molar-refractivity contribution in [1.29, 1.82) is 0 Å². The van der Waals surface area contributed by atoms with Crippen LogP contribution < -0.4 is 4.90 Å². The van der Waals surface area contributed by atoms with E-state index in [4.69, 9.17) is 9.97 Å². The van der Waals surface area contributed by atoms with Gasteiger partial charge in [0, 0.05) is 16.5 Å². The van der Waals surface area contributed by atoms with Gasteiger partial charge in [0.05, 0.1) is 13.1 Å². The largest absolute Gasteiger partial charge is 0.329 e. The molecule has 0 atom stereocenters. The second-order valence-corrected chi connectivity index (χ2v) is 8.71. The number of pyridine rings is 1. The van der Waals surface area contributed by atoms with Crippen LogP contribution in [0, 0.1) is 13.8 Å². The average Bonchev–Trinajstić information content (AvgIpc) is 3.21. The van der Waals surface area contributed by atoms with Crippen LogP contribution in [0.25, 0.3) is 15.9 Å². The third-order valence-electron chi connectivity index (χ3n) is 4.92. The number of thiophene rings is 1. The fourth-order valence-electron chi connectivity index (χ4n) is 3.11. The number of aryl methyl sites for hydroxylation is 2. The Balaban J connectivity index is 1.81. The van der Waals surface area contributed by atoms with Crippen LogP contribution in [0.5, 0.6) is 0 Å². The molecule has 0 saturated heterocycles. The summed E-state index contributed by atoms with van der Waals surface area (Å²) in [6.07, 6.45) is 1.99. The summed E-state index contributed by atoms with van der Waals surface area (Å²) < 4.78 is 2.00. The second kappa shape index (κ2) is 7.53. The van der Waals surface area contributed by atoms with Crippen molar-refractivity contribution in [2.45, 2.75) is 44.4 Å².